The lowest BCUT2D eigenvalue weighted by atomic mass is 10.2. The van der Waals surface area contributed by atoms with Crippen molar-refractivity contribution in [2.45, 2.75) is 11.8 Å². The number of primary sulfonamides is 1. The second-order valence-electron chi connectivity index (χ2n) is 4.44. The Morgan fingerprint density at radius 3 is 2.50 bits per heavy atom. The molecule has 0 aliphatic heterocycles. The van der Waals surface area contributed by atoms with Gasteiger partial charge in [0, 0.05) is 11.4 Å². The first-order valence-electron chi connectivity index (χ1n) is 5.72. The normalized spacial score (nSPS) is 11.3. The van der Waals surface area contributed by atoms with Gasteiger partial charge in [0.05, 0.1) is 15.6 Å². The minimum atomic E-state index is -3.81. The van der Waals surface area contributed by atoms with E-state index in [1.807, 2.05) is 19.1 Å². The van der Waals surface area contributed by atoms with Crippen LogP contribution >= 0.6 is 11.6 Å². The molecule has 0 saturated carbocycles. The molecule has 0 heterocycles. The molecule has 5 N–H and O–H groups in total. The fraction of sp³-hybridized carbons (Fsp3) is 0.0769. The van der Waals surface area contributed by atoms with Crippen molar-refractivity contribution >= 4 is 38.7 Å². The molecule has 2 aromatic carbocycles. The number of hydrogen-bond acceptors (Lipinski definition) is 4. The van der Waals surface area contributed by atoms with Crippen LogP contribution in [0.25, 0.3) is 0 Å². The van der Waals surface area contributed by atoms with E-state index in [0.717, 1.165) is 5.56 Å². The summed E-state index contributed by atoms with van der Waals surface area (Å²) in [5.74, 6) is 0. The smallest absolute Gasteiger partial charge is 0.238 e. The summed E-state index contributed by atoms with van der Waals surface area (Å²) in [5.41, 5.74) is 8.17. The molecule has 2 rings (SSSR count). The fourth-order valence-corrected chi connectivity index (χ4v) is 2.51. The number of halogens is 1. The lowest BCUT2D eigenvalue weighted by Gasteiger charge is -2.11. The number of benzene rings is 2. The number of hydrogen-bond donors (Lipinski definition) is 3. The van der Waals surface area contributed by atoms with Gasteiger partial charge in [-0.2, -0.15) is 0 Å². The zero-order valence-corrected chi connectivity index (χ0v) is 12.3. The molecular weight excluding hydrogens is 298 g/mol. The number of nitrogen functional groups attached to an aromatic ring is 1. The third-order valence-corrected chi connectivity index (χ3v) is 3.88. The highest BCUT2D eigenvalue weighted by atomic mass is 35.5. The third-order valence-electron chi connectivity index (χ3n) is 2.66. The second kappa shape index (κ2) is 5.32. The van der Waals surface area contributed by atoms with Gasteiger partial charge in [-0.25, -0.2) is 13.6 Å². The Morgan fingerprint density at radius 1 is 1.15 bits per heavy atom. The number of sulfonamides is 1. The molecule has 0 unspecified atom stereocenters. The molecule has 0 bridgehead atoms. The van der Waals surface area contributed by atoms with Crippen molar-refractivity contribution in [3.8, 4) is 0 Å². The minimum absolute atomic E-state index is 0.0521. The van der Waals surface area contributed by atoms with Crippen LogP contribution in [0.1, 0.15) is 5.56 Å². The van der Waals surface area contributed by atoms with Crippen LogP contribution in [0.5, 0.6) is 0 Å². The van der Waals surface area contributed by atoms with E-state index in [-0.39, 0.29) is 4.90 Å². The molecule has 0 radical (unpaired) electrons. The Balaban J connectivity index is 2.44. The van der Waals surface area contributed by atoms with Crippen molar-refractivity contribution < 1.29 is 8.42 Å². The molecule has 0 aliphatic rings. The molecule has 0 aromatic heterocycles. The molecule has 20 heavy (non-hydrogen) atoms. The van der Waals surface area contributed by atoms with Crippen molar-refractivity contribution in [1.29, 1.82) is 0 Å². The number of rotatable bonds is 3. The summed E-state index contributed by atoms with van der Waals surface area (Å²) in [6.07, 6.45) is 0. The highest BCUT2D eigenvalue weighted by Crippen LogP contribution is 2.28. The van der Waals surface area contributed by atoms with Crippen LogP contribution in [0, 0.1) is 6.92 Å². The van der Waals surface area contributed by atoms with Crippen molar-refractivity contribution in [2.75, 3.05) is 11.1 Å². The number of nitrogens with one attached hydrogen (secondary N) is 1. The summed E-state index contributed by atoms with van der Waals surface area (Å²) >= 11 is 6.08. The lowest BCUT2D eigenvalue weighted by molar-refractivity contribution is 0.598. The maximum atomic E-state index is 11.4. The Hall–Kier alpha value is -1.76. The van der Waals surface area contributed by atoms with Gasteiger partial charge < -0.3 is 11.1 Å². The third kappa shape index (κ3) is 3.41. The first kappa shape index (κ1) is 14.6. The maximum absolute atomic E-state index is 11.4. The molecule has 106 valence electrons. The first-order chi connectivity index (χ1) is 9.25. The van der Waals surface area contributed by atoms with Gasteiger partial charge in [-0.3, -0.25) is 0 Å². The zero-order valence-electron chi connectivity index (χ0n) is 10.7. The average Bonchev–Trinajstić information content (AvgIpc) is 2.32. The zero-order chi connectivity index (χ0) is 14.9. The van der Waals surface area contributed by atoms with Crippen molar-refractivity contribution in [2.24, 2.45) is 5.14 Å². The summed E-state index contributed by atoms with van der Waals surface area (Å²) in [7, 11) is -3.81. The Kier molecular flexibility index (Phi) is 3.89. The van der Waals surface area contributed by atoms with E-state index in [2.05, 4.69) is 5.32 Å². The summed E-state index contributed by atoms with van der Waals surface area (Å²) in [6, 6.07) is 9.80. The summed E-state index contributed by atoms with van der Waals surface area (Å²) in [6.45, 7) is 1.93. The summed E-state index contributed by atoms with van der Waals surface area (Å²) < 4.78 is 22.8. The van der Waals surface area contributed by atoms with Gasteiger partial charge in [0.25, 0.3) is 0 Å². The van der Waals surface area contributed by atoms with Crippen molar-refractivity contribution in [3.05, 3.63) is 47.0 Å². The van der Waals surface area contributed by atoms with Gasteiger partial charge in [-0.1, -0.05) is 17.7 Å². The quantitative estimate of drug-likeness (QED) is 0.759. The molecule has 0 amide bonds. The first-order valence-corrected chi connectivity index (χ1v) is 7.65. The fourth-order valence-electron chi connectivity index (χ4n) is 1.75. The second-order valence-corrected chi connectivity index (χ2v) is 6.41. The molecule has 0 spiro atoms. The van der Waals surface area contributed by atoms with Crippen LogP contribution < -0.4 is 16.2 Å². The van der Waals surface area contributed by atoms with Crippen molar-refractivity contribution in [1.82, 2.24) is 0 Å². The van der Waals surface area contributed by atoms with E-state index in [1.165, 1.54) is 12.1 Å². The Labute approximate surface area is 122 Å². The summed E-state index contributed by atoms with van der Waals surface area (Å²) in [5, 5.41) is 8.66. The molecule has 0 saturated heterocycles. The van der Waals surface area contributed by atoms with Gasteiger partial charge in [0.15, 0.2) is 0 Å². The topological polar surface area (TPSA) is 98.2 Å². The Bertz CT molecular complexity index is 760. The van der Waals surface area contributed by atoms with Crippen LogP contribution in [0.3, 0.4) is 0 Å². The molecule has 2 aromatic rings. The van der Waals surface area contributed by atoms with Crippen molar-refractivity contribution in [3.63, 3.8) is 0 Å². The average molecular weight is 312 g/mol. The number of anilines is 3. The predicted octanol–water partition coefficient (Wildman–Crippen LogP) is 2.62. The van der Waals surface area contributed by atoms with Crippen LogP contribution in [-0.2, 0) is 10.0 Å². The van der Waals surface area contributed by atoms with Crippen LogP contribution in [0.4, 0.5) is 17.1 Å². The van der Waals surface area contributed by atoms with E-state index in [1.54, 1.807) is 12.1 Å². The lowest BCUT2D eigenvalue weighted by Crippen LogP contribution is -2.12. The molecule has 0 aliphatic carbocycles. The SMILES string of the molecule is Cc1ccc(Cl)c(Nc2cc(N)cc(S(N)(=O)=O)c2)c1. The van der Waals surface area contributed by atoms with E-state index in [9.17, 15) is 8.42 Å². The van der Waals surface area contributed by atoms with Crippen LogP contribution in [0.2, 0.25) is 5.02 Å². The Morgan fingerprint density at radius 2 is 1.85 bits per heavy atom. The molecule has 5 nitrogen and oxygen atoms in total. The van der Waals surface area contributed by atoms with Crippen LogP contribution in [0.15, 0.2) is 41.3 Å². The summed E-state index contributed by atoms with van der Waals surface area (Å²) in [4.78, 5) is -0.0521. The number of nitrogens with two attached hydrogens (primary N) is 2. The van der Waals surface area contributed by atoms with Gasteiger partial charge in [-0.05, 0) is 42.8 Å². The minimum Gasteiger partial charge on any atom is -0.399 e. The van der Waals surface area contributed by atoms with E-state index < -0.39 is 10.0 Å². The molecule has 0 atom stereocenters. The molecular formula is C13H14ClN3O2S. The van der Waals surface area contributed by atoms with Gasteiger partial charge in [0.2, 0.25) is 10.0 Å². The highest BCUT2D eigenvalue weighted by Gasteiger charge is 2.11. The van der Waals surface area contributed by atoms with E-state index in [0.29, 0.717) is 22.1 Å². The predicted molar refractivity (Wildman–Crippen MR) is 81.7 cm³/mol. The highest BCUT2D eigenvalue weighted by molar-refractivity contribution is 7.89. The standard InChI is InChI=1S/C13H14ClN3O2S/c1-8-2-3-12(14)13(4-8)17-10-5-9(15)6-11(7-10)20(16,18)19/h2-7,17H,15H2,1H3,(H2,16,18,19). The molecule has 0 fully saturated rings. The maximum Gasteiger partial charge on any atom is 0.238 e. The van der Waals surface area contributed by atoms with Gasteiger partial charge in [-0.15, -0.1) is 0 Å². The van der Waals surface area contributed by atoms with Crippen LogP contribution in [-0.4, -0.2) is 8.42 Å². The molecule has 7 heteroatoms. The number of aryl methyl sites for hydroxylation is 1. The van der Waals surface area contributed by atoms with Gasteiger partial charge >= 0.3 is 0 Å². The van der Waals surface area contributed by atoms with Gasteiger partial charge in [0.1, 0.15) is 0 Å². The largest absolute Gasteiger partial charge is 0.399 e. The monoisotopic (exact) mass is 311 g/mol. The van der Waals surface area contributed by atoms with E-state index >= 15 is 0 Å². The van der Waals surface area contributed by atoms with E-state index in [4.69, 9.17) is 22.5 Å².